The van der Waals surface area contributed by atoms with Gasteiger partial charge in [-0.15, -0.1) is 0 Å². The van der Waals surface area contributed by atoms with Crippen LogP contribution in [0.4, 0.5) is 10.1 Å². The molecule has 0 radical (unpaired) electrons. The minimum Gasteiger partial charge on any atom is -0.488 e. The van der Waals surface area contributed by atoms with Crippen molar-refractivity contribution >= 4 is 5.69 Å². The largest absolute Gasteiger partial charge is 0.488 e. The Labute approximate surface area is 121 Å². The second-order valence-electron chi connectivity index (χ2n) is 4.60. The fourth-order valence-electron chi connectivity index (χ4n) is 2.02. The highest BCUT2D eigenvalue weighted by Crippen LogP contribution is 2.25. The van der Waals surface area contributed by atoms with Crippen LogP contribution in [-0.4, -0.2) is 4.92 Å². The molecule has 0 amide bonds. The Kier molecular flexibility index (Phi) is 4.49. The van der Waals surface area contributed by atoms with Crippen LogP contribution in [0, 0.1) is 22.9 Å². The molecule has 0 fully saturated rings. The highest BCUT2D eigenvalue weighted by Gasteiger charge is 2.14. The molecule has 2 N–H and O–H groups in total. The number of benzene rings is 2. The quantitative estimate of drug-likeness (QED) is 0.678. The van der Waals surface area contributed by atoms with Gasteiger partial charge in [0.1, 0.15) is 12.4 Å². The Bertz CT molecular complexity index is 674. The minimum absolute atomic E-state index is 0.118. The average molecular weight is 290 g/mol. The van der Waals surface area contributed by atoms with Crippen molar-refractivity contribution in [3.05, 3.63) is 69.0 Å². The molecule has 2 aromatic rings. The number of hydrogen-bond acceptors (Lipinski definition) is 4. The van der Waals surface area contributed by atoms with Crippen LogP contribution in [0.25, 0.3) is 0 Å². The molecule has 0 saturated heterocycles. The monoisotopic (exact) mass is 290 g/mol. The number of nitro benzene ring substituents is 1. The van der Waals surface area contributed by atoms with Crippen LogP contribution >= 0.6 is 0 Å². The van der Waals surface area contributed by atoms with Gasteiger partial charge in [-0.25, -0.2) is 0 Å². The molecule has 21 heavy (non-hydrogen) atoms. The van der Waals surface area contributed by atoms with Gasteiger partial charge in [0, 0.05) is 18.2 Å². The lowest BCUT2D eigenvalue weighted by Crippen LogP contribution is -2.04. The van der Waals surface area contributed by atoms with Gasteiger partial charge in [-0.2, -0.15) is 4.39 Å². The van der Waals surface area contributed by atoms with Gasteiger partial charge >= 0.3 is 5.69 Å². The molecule has 6 heteroatoms. The summed E-state index contributed by atoms with van der Waals surface area (Å²) in [7, 11) is 0. The predicted octanol–water partition coefficient (Wildman–Crippen LogP) is 3.08. The van der Waals surface area contributed by atoms with E-state index in [0.717, 1.165) is 23.3 Å². The lowest BCUT2D eigenvalue weighted by atomic mass is 10.1. The van der Waals surface area contributed by atoms with Crippen molar-refractivity contribution in [2.45, 2.75) is 20.1 Å². The summed E-state index contributed by atoms with van der Waals surface area (Å²) in [5, 5.41) is 10.6. The molecule has 2 rings (SSSR count). The Morgan fingerprint density at radius 1 is 1.33 bits per heavy atom. The lowest BCUT2D eigenvalue weighted by Gasteiger charge is -2.13. The highest BCUT2D eigenvalue weighted by atomic mass is 19.1. The molecule has 2 aromatic carbocycles. The van der Waals surface area contributed by atoms with Crippen molar-refractivity contribution < 1.29 is 14.1 Å². The first-order chi connectivity index (χ1) is 10.0. The van der Waals surface area contributed by atoms with Gasteiger partial charge in [0.2, 0.25) is 5.82 Å². The molecule has 0 heterocycles. The molecule has 0 aromatic heterocycles. The molecule has 0 aliphatic carbocycles. The summed E-state index contributed by atoms with van der Waals surface area (Å²) < 4.78 is 19.2. The van der Waals surface area contributed by atoms with Crippen molar-refractivity contribution in [3.63, 3.8) is 0 Å². The SMILES string of the molecule is Cc1cccc(CN)c1OCc1ccc([N+](=O)[O-])c(F)c1. The molecule has 0 spiro atoms. The lowest BCUT2D eigenvalue weighted by molar-refractivity contribution is -0.387. The summed E-state index contributed by atoms with van der Waals surface area (Å²) in [5.41, 5.74) is 7.41. The summed E-state index contributed by atoms with van der Waals surface area (Å²) >= 11 is 0. The zero-order chi connectivity index (χ0) is 15.4. The van der Waals surface area contributed by atoms with E-state index in [-0.39, 0.29) is 6.61 Å². The zero-order valence-electron chi connectivity index (χ0n) is 11.5. The summed E-state index contributed by atoms with van der Waals surface area (Å²) in [6.45, 7) is 2.35. The Balaban J connectivity index is 2.17. The third-order valence-electron chi connectivity index (χ3n) is 3.11. The number of rotatable bonds is 5. The Morgan fingerprint density at radius 2 is 2.10 bits per heavy atom. The molecule has 0 saturated carbocycles. The molecule has 0 atom stereocenters. The molecule has 0 bridgehead atoms. The van der Waals surface area contributed by atoms with E-state index >= 15 is 0 Å². The zero-order valence-corrected chi connectivity index (χ0v) is 11.5. The molecule has 0 aliphatic heterocycles. The number of nitrogens with zero attached hydrogens (tertiary/aromatic N) is 1. The maximum absolute atomic E-state index is 13.5. The van der Waals surface area contributed by atoms with Gasteiger partial charge in [-0.3, -0.25) is 10.1 Å². The number of para-hydroxylation sites is 1. The standard InChI is InChI=1S/C15H15FN2O3/c1-10-3-2-4-12(8-17)15(10)21-9-11-5-6-14(18(19)20)13(16)7-11/h2-7H,8-9,17H2,1H3. The van der Waals surface area contributed by atoms with Gasteiger partial charge in [-0.05, 0) is 30.2 Å². The number of hydrogen-bond donors (Lipinski definition) is 1. The van der Waals surface area contributed by atoms with Crippen LogP contribution in [0.3, 0.4) is 0 Å². The van der Waals surface area contributed by atoms with E-state index in [0.29, 0.717) is 17.9 Å². The smallest absolute Gasteiger partial charge is 0.304 e. The van der Waals surface area contributed by atoms with Crippen molar-refractivity contribution in [3.8, 4) is 5.75 Å². The number of nitro groups is 1. The minimum atomic E-state index is -0.870. The van der Waals surface area contributed by atoms with E-state index in [4.69, 9.17) is 10.5 Å². The second-order valence-corrected chi connectivity index (χ2v) is 4.60. The first-order valence-electron chi connectivity index (χ1n) is 6.37. The number of aryl methyl sites for hydroxylation is 1. The molecule has 0 aliphatic rings. The summed E-state index contributed by atoms with van der Waals surface area (Å²) in [5.74, 6) is -0.205. The van der Waals surface area contributed by atoms with Crippen molar-refractivity contribution in [1.82, 2.24) is 0 Å². The predicted molar refractivity (Wildman–Crippen MR) is 76.5 cm³/mol. The van der Waals surface area contributed by atoms with Crippen LogP contribution in [0.5, 0.6) is 5.75 Å². The topological polar surface area (TPSA) is 78.4 Å². The van der Waals surface area contributed by atoms with Crippen LogP contribution in [0.2, 0.25) is 0 Å². The van der Waals surface area contributed by atoms with Crippen molar-refractivity contribution in [2.24, 2.45) is 5.73 Å². The van der Waals surface area contributed by atoms with Crippen LogP contribution < -0.4 is 10.5 Å². The normalized spacial score (nSPS) is 10.4. The average Bonchev–Trinajstić information content (AvgIpc) is 2.45. The van der Waals surface area contributed by atoms with Gasteiger partial charge < -0.3 is 10.5 Å². The van der Waals surface area contributed by atoms with E-state index in [1.165, 1.54) is 6.07 Å². The van der Waals surface area contributed by atoms with Crippen LogP contribution in [0.1, 0.15) is 16.7 Å². The molecule has 110 valence electrons. The van der Waals surface area contributed by atoms with E-state index in [1.54, 1.807) is 0 Å². The number of ether oxygens (including phenoxy) is 1. The van der Waals surface area contributed by atoms with Gasteiger partial charge in [0.25, 0.3) is 0 Å². The van der Waals surface area contributed by atoms with Crippen molar-refractivity contribution in [1.29, 1.82) is 0 Å². The van der Waals surface area contributed by atoms with Gasteiger partial charge in [0.05, 0.1) is 4.92 Å². The third kappa shape index (κ3) is 3.35. The van der Waals surface area contributed by atoms with Crippen LogP contribution in [-0.2, 0) is 13.2 Å². The molecular weight excluding hydrogens is 275 g/mol. The molecule has 5 nitrogen and oxygen atoms in total. The highest BCUT2D eigenvalue weighted by molar-refractivity contribution is 5.41. The number of nitrogens with two attached hydrogens (primary N) is 1. The fraction of sp³-hybridized carbons (Fsp3) is 0.200. The molecule has 0 unspecified atom stereocenters. The van der Waals surface area contributed by atoms with Gasteiger partial charge in [0.15, 0.2) is 0 Å². The van der Waals surface area contributed by atoms with E-state index < -0.39 is 16.4 Å². The maximum Gasteiger partial charge on any atom is 0.304 e. The summed E-state index contributed by atoms with van der Waals surface area (Å²) in [6, 6.07) is 9.36. The third-order valence-corrected chi connectivity index (χ3v) is 3.11. The van der Waals surface area contributed by atoms with Gasteiger partial charge in [-0.1, -0.05) is 18.2 Å². The first-order valence-corrected chi connectivity index (χ1v) is 6.37. The second kappa shape index (κ2) is 6.32. The first kappa shape index (κ1) is 14.9. The van der Waals surface area contributed by atoms with Crippen LogP contribution in [0.15, 0.2) is 36.4 Å². The van der Waals surface area contributed by atoms with E-state index in [1.807, 2.05) is 25.1 Å². The summed E-state index contributed by atoms with van der Waals surface area (Å²) in [6.07, 6.45) is 0. The van der Waals surface area contributed by atoms with E-state index in [2.05, 4.69) is 0 Å². The Hall–Kier alpha value is -2.47. The van der Waals surface area contributed by atoms with E-state index in [9.17, 15) is 14.5 Å². The van der Waals surface area contributed by atoms with Crippen molar-refractivity contribution in [2.75, 3.05) is 0 Å². The maximum atomic E-state index is 13.5. The summed E-state index contributed by atoms with van der Waals surface area (Å²) in [4.78, 5) is 9.80. The molecular formula is C15H15FN2O3. The number of halogens is 1. The Morgan fingerprint density at radius 3 is 2.71 bits per heavy atom. The fourth-order valence-corrected chi connectivity index (χ4v) is 2.02.